The lowest BCUT2D eigenvalue weighted by molar-refractivity contribution is -0.143. The van der Waals surface area contributed by atoms with Crippen molar-refractivity contribution in [1.29, 1.82) is 0 Å². The number of carbonyl (C=O) groups is 3. The summed E-state index contributed by atoms with van der Waals surface area (Å²) in [6.07, 6.45) is 2.14. The van der Waals surface area contributed by atoms with Gasteiger partial charge in [-0.2, -0.15) is 0 Å². The van der Waals surface area contributed by atoms with Crippen molar-refractivity contribution in [3.8, 4) is 17.2 Å². The number of hydrogen-bond acceptors (Lipinski definition) is 8. The summed E-state index contributed by atoms with van der Waals surface area (Å²) in [5.74, 6) is -0.993. The molecule has 11 heteroatoms. The zero-order chi connectivity index (χ0) is 30.4. The smallest absolute Gasteiger partial charge is 0.308 e. The van der Waals surface area contributed by atoms with E-state index in [1.54, 1.807) is 29.0 Å². The summed E-state index contributed by atoms with van der Waals surface area (Å²) in [7, 11) is 3.22. The minimum absolute atomic E-state index is 0.0347. The zero-order valence-electron chi connectivity index (χ0n) is 24.9. The van der Waals surface area contributed by atoms with Crippen molar-refractivity contribution in [3.05, 3.63) is 47.5 Å². The summed E-state index contributed by atoms with van der Waals surface area (Å²) in [6, 6.07) is 10.8. The number of nitrogens with two attached hydrogens (primary N) is 1. The fourth-order valence-corrected chi connectivity index (χ4v) is 5.86. The number of ether oxygens (including phenoxy) is 3. The van der Waals surface area contributed by atoms with Crippen molar-refractivity contribution in [2.75, 3.05) is 52.0 Å². The average Bonchev–Trinajstić information content (AvgIpc) is 3.60. The first-order valence-electron chi connectivity index (χ1n) is 14.4. The molecule has 4 rings (SSSR count). The van der Waals surface area contributed by atoms with Crippen LogP contribution in [0.25, 0.3) is 0 Å². The van der Waals surface area contributed by atoms with Gasteiger partial charge in [-0.3, -0.25) is 19.3 Å². The van der Waals surface area contributed by atoms with Gasteiger partial charge in [-0.15, -0.1) is 0 Å². The second-order valence-electron chi connectivity index (χ2n) is 10.9. The van der Waals surface area contributed by atoms with Crippen LogP contribution in [0.4, 0.5) is 5.69 Å². The molecule has 3 N–H and O–H groups in total. The van der Waals surface area contributed by atoms with Gasteiger partial charge in [0, 0.05) is 57.8 Å². The summed E-state index contributed by atoms with van der Waals surface area (Å²) in [5, 5.41) is 10.5. The van der Waals surface area contributed by atoms with Crippen molar-refractivity contribution < 1.29 is 33.7 Å². The topological polar surface area (TPSA) is 135 Å². The number of fused-ring (bicyclic) bond motifs is 1. The molecule has 0 bridgehead atoms. The van der Waals surface area contributed by atoms with Crippen LogP contribution < -0.4 is 24.8 Å². The number of aliphatic carboxylic acids is 1. The number of anilines is 1. The molecule has 0 radical (unpaired) electrons. The van der Waals surface area contributed by atoms with E-state index in [9.17, 15) is 19.5 Å². The van der Waals surface area contributed by atoms with E-state index in [1.807, 2.05) is 29.2 Å². The number of carbonyl (C=O) groups excluding carboxylic acids is 2. The van der Waals surface area contributed by atoms with Crippen molar-refractivity contribution in [3.63, 3.8) is 0 Å². The fourth-order valence-electron chi connectivity index (χ4n) is 5.86. The molecular weight excluding hydrogens is 540 g/mol. The van der Waals surface area contributed by atoms with Gasteiger partial charge >= 0.3 is 5.97 Å². The minimum atomic E-state index is -0.958. The maximum atomic E-state index is 14.0. The van der Waals surface area contributed by atoms with Gasteiger partial charge in [-0.05, 0) is 48.2 Å². The van der Waals surface area contributed by atoms with Gasteiger partial charge in [0.2, 0.25) is 24.4 Å². The highest BCUT2D eigenvalue weighted by atomic mass is 16.7. The number of rotatable bonds is 13. The van der Waals surface area contributed by atoms with Gasteiger partial charge in [0.25, 0.3) is 0 Å². The van der Waals surface area contributed by atoms with Crippen molar-refractivity contribution in [1.82, 2.24) is 9.80 Å². The molecule has 2 amide bonds. The number of nitrogens with zero attached hydrogens (tertiary/aromatic N) is 3. The molecule has 2 aliphatic rings. The summed E-state index contributed by atoms with van der Waals surface area (Å²) >= 11 is 0. The van der Waals surface area contributed by atoms with Crippen molar-refractivity contribution >= 4 is 23.5 Å². The van der Waals surface area contributed by atoms with Gasteiger partial charge in [0.15, 0.2) is 11.5 Å². The Balaban J connectivity index is 1.68. The molecule has 2 aliphatic heterocycles. The Hall–Kier alpha value is -3.83. The SMILES string of the molecule is CCCCN(C(=O)CN1C[C@H](c2cc(OC)c3c(c2)OCO3)[C@@H](C(=O)O)[C@@H]1CCN(C)C(C)=O)c1cccc(CN)c1. The van der Waals surface area contributed by atoms with E-state index in [4.69, 9.17) is 19.9 Å². The van der Waals surface area contributed by atoms with Crippen LogP contribution in [-0.2, 0) is 20.9 Å². The van der Waals surface area contributed by atoms with Crippen LogP contribution in [0.2, 0.25) is 0 Å². The molecule has 0 aliphatic carbocycles. The van der Waals surface area contributed by atoms with Crippen molar-refractivity contribution in [2.24, 2.45) is 11.7 Å². The van der Waals surface area contributed by atoms with E-state index >= 15 is 0 Å². The quantitative estimate of drug-likeness (QED) is 0.365. The highest BCUT2D eigenvalue weighted by Crippen LogP contribution is 2.47. The number of unbranched alkanes of at least 4 members (excludes halogenated alkanes) is 1. The predicted octanol–water partition coefficient (Wildman–Crippen LogP) is 3.05. The first kappa shape index (κ1) is 31.1. The molecule has 42 heavy (non-hydrogen) atoms. The Bertz CT molecular complexity index is 1290. The monoisotopic (exact) mass is 582 g/mol. The molecule has 0 saturated carbocycles. The molecule has 1 saturated heterocycles. The molecule has 1 fully saturated rings. The van der Waals surface area contributed by atoms with Crippen LogP contribution in [0.3, 0.4) is 0 Å². The Morgan fingerprint density at radius 3 is 2.62 bits per heavy atom. The second kappa shape index (κ2) is 13.9. The third-order valence-corrected chi connectivity index (χ3v) is 8.27. The van der Waals surface area contributed by atoms with Crippen LogP contribution in [0.5, 0.6) is 17.2 Å². The molecule has 0 unspecified atom stereocenters. The van der Waals surface area contributed by atoms with Crippen LogP contribution in [-0.4, -0.2) is 85.9 Å². The highest BCUT2D eigenvalue weighted by molar-refractivity contribution is 5.95. The van der Waals surface area contributed by atoms with Crippen molar-refractivity contribution in [2.45, 2.75) is 51.6 Å². The Morgan fingerprint density at radius 1 is 1.17 bits per heavy atom. The zero-order valence-corrected chi connectivity index (χ0v) is 24.9. The lowest BCUT2D eigenvalue weighted by Crippen LogP contribution is -2.45. The van der Waals surface area contributed by atoms with E-state index in [0.717, 1.165) is 29.7 Å². The molecule has 11 nitrogen and oxygen atoms in total. The first-order valence-corrected chi connectivity index (χ1v) is 14.4. The highest BCUT2D eigenvalue weighted by Gasteiger charge is 2.47. The van der Waals surface area contributed by atoms with Crippen LogP contribution in [0, 0.1) is 5.92 Å². The number of benzene rings is 2. The Kier molecular flexibility index (Phi) is 10.3. The van der Waals surface area contributed by atoms with Gasteiger partial charge in [-0.25, -0.2) is 0 Å². The summed E-state index contributed by atoms with van der Waals surface area (Å²) < 4.78 is 16.7. The minimum Gasteiger partial charge on any atom is -0.493 e. The predicted molar refractivity (Wildman–Crippen MR) is 158 cm³/mol. The third kappa shape index (κ3) is 6.79. The maximum Gasteiger partial charge on any atom is 0.308 e. The molecule has 0 spiro atoms. The molecule has 3 atom stereocenters. The summed E-state index contributed by atoms with van der Waals surface area (Å²) in [6.45, 7) is 5.25. The van der Waals surface area contributed by atoms with E-state index in [-0.39, 0.29) is 25.2 Å². The van der Waals surface area contributed by atoms with E-state index in [0.29, 0.717) is 49.8 Å². The van der Waals surface area contributed by atoms with Gasteiger partial charge < -0.3 is 34.9 Å². The number of likely N-dealkylation sites (tertiary alicyclic amines) is 1. The first-order chi connectivity index (χ1) is 20.2. The van der Waals surface area contributed by atoms with Gasteiger partial charge in [0.1, 0.15) is 0 Å². The average molecular weight is 583 g/mol. The summed E-state index contributed by atoms with van der Waals surface area (Å²) in [5.41, 5.74) is 8.31. The molecular formula is C31H42N4O7. The third-order valence-electron chi connectivity index (χ3n) is 8.27. The number of methoxy groups -OCH3 is 1. The maximum absolute atomic E-state index is 14.0. The number of hydrogen-bond donors (Lipinski definition) is 2. The fraction of sp³-hybridized carbons (Fsp3) is 0.516. The van der Waals surface area contributed by atoms with Crippen LogP contribution in [0.15, 0.2) is 36.4 Å². The largest absolute Gasteiger partial charge is 0.493 e. The lowest BCUT2D eigenvalue weighted by atomic mass is 9.84. The second-order valence-corrected chi connectivity index (χ2v) is 10.9. The lowest BCUT2D eigenvalue weighted by Gasteiger charge is -2.31. The van der Waals surface area contributed by atoms with Crippen LogP contribution in [0.1, 0.15) is 50.2 Å². The van der Waals surface area contributed by atoms with Gasteiger partial charge in [-0.1, -0.05) is 25.5 Å². The molecule has 2 aromatic carbocycles. The van der Waals surface area contributed by atoms with E-state index < -0.39 is 23.8 Å². The summed E-state index contributed by atoms with van der Waals surface area (Å²) in [4.78, 5) is 44.1. The Labute approximate surface area is 247 Å². The normalized spacial score (nSPS) is 19.5. The Morgan fingerprint density at radius 2 is 1.95 bits per heavy atom. The number of amides is 2. The van der Waals surface area contributed by atoms with E-state index in [1.165, 1.54) is 14.0 Å². The molecule has 2 aromatic rings. The standard InChI is InChI=1S/C31H42N4O7/c1-5-6-11-35(23-9-7-8-21(13-23)16-32)28(37)18-34-17-24(22-14-26(40-4)30-27(15-22)41-19-42-30)29(31(38)39)25(34)10-12-33(3)20(2)36/h7-9,13-15,24-25,29H,5-6,10-12,16-19,32H2,1-4H3,(H,38,39)/t24-,25+,29-/m1/s1. The number of carboxylic acid groups (broad SMARTS) is 1. The molecule has 228 valence electrons. The molecule has 0 aromatic heterocycles. The number of carboxylic acids is 1. The molecule has 2 heterocycles. The van der Waals surface area contributed by atoms with Crippen LogP contribution >= 0.6 is 0 Å². The van der Waals surface area contributed by atoms with E-state index in [2.05, 4.69) is 6.92 Å². The van der Waals surface area contributed by atoms with Gasteiger partial charge in [0.05, 0.1) is 19.6 Å².